The molecule has 0 fully saturated rings. The average molecular weight is 284 g/mol. The summed E-state index contributed by atoms with van der Waals surface area (Å²) < 4.78 is 4.77. The topological polar surface area (TPSA) is 49.7 Å². The Labute approximate surface area is 125 Å². The highest BCUT2D eigenvalue weighted by atomic mass is 16.5. The molecule has 2 rings (SSSR count). The number of hydrogen-bond donors (Lipinski definition) is 2. The van der Waals surface area contributed by atoms with E-state index in [0.717, 1.165) is 0 Å². The fraction of sp³-hybridized carbons (Fsp3) is 0.111. The number of phenols is 2. The molecule has 0 heterocycles. The Morgan fingerprint density at radius 2 is 1.10 bits per heavy atom. The number of hydrogen-bond acceptors (Lipinski definition) is 3. The minimum atomic E-state index is 0.175. The van der Waals surface area contributed by atoms with Gasteiger partial charge in [-0.25, -0.2) is 0 Å². The van der Waals surface area contributed by atoms with Crippen molar-refractivity contribution in [1.82, 2.24) is 0 Å². The lowest BCUT2D eigenvalue weighted by Crippen LogP contribution is -1.79. The van der Waals surface area contributed by atoms with Crippen LogP contribution in [0.3, 0.4) is 0 Å². The van der Waals surface area contributed by atoms with Crippen molar-refractivity contribution in [3.63, 3.8) is 0 Å². The van der Waals surface area contributed by atoms with Gasteiger partial charge in [0.25, 0.3) is 0 Å². The van der Waals surface area contributed by atoms with Gasteiger partial charge in [-0.05, 0) is 26.0 Å². The van der Waals surface area contributed by atoms with Crippen LogP contribution in [0.5, 0.6) is 11.5 Å². The van der Waals surface area contributed by atoms with E-state index in [1.165, 1.54) is 0 Å². The average Bonchev–Trinajstić information content (AvgIpc) is 2.50. The number of rotatable bonds is 3. The van der Waals surface area contributed by atoms with E-state index in [9.17, 15) is 10.2 Å². The van der Waals surface area contributed by atoms with Crippen molar-refractivity contribution in [2.24, 2.45) is 0 Å². The maximum atomic E-state index is 9.58. The summed E-state index contributed by atoms with van der Waals surface area (Å²) in [4.78, 5) is 0. The molecule has 3 nitrogen and oxygen atoms in total. The highest BCUT2D eigenvalue weighted by Crippen LogP contribution is 2.34. The predicted octanol–water partition coefficient (Wildman–Crippen LogP) is 4.84. The van der Waals surface area contributed by atoms with Crippen molar-refractivity contribution in [3.8, 4) is 22.6 Å². The second kappa shape index (κ2) is 9.26. The first-order valence-corrected chi connectivity index (χ1v) is 6.64. The van der Waals surface area contributed by atoms with Crippen molar-refractivity contribution in [2.75, 3.05) is 0 Å². The zero-order valence-electron chi connectivity index (χ0n) is 12.2. The molecular formula is C18H20O3. The molecule has 0 atom stereocenters. The Kier molecular flexibility index (Phi) is 7.22. The molecule has 3 heteroatoms. The molecule has 0 saturated heterocycles. The summed E-state index contributed by atoms with van der Waals surface area (Å²) in [5, 5.41) is 19.2. The number of benzene rings is 2. The summed E-state index contributed by atoms with van der Waals surface area (Å²) >= 11 is 0. The van der Waals surface area contributed by atoms with E-state index in [4.69, 9.17) is 4.74 Å². The molecule has 0 saturated carbocycles. The summed E-state index contributed by atoms with van der Waals surface area (Å²) in [5.41, 5.74) is 1.29. The largest absolute Gasteiger partial charge is 0.507 e. The molecule has 21 heavy (non-hydrogen) atoms. The monoisotopic (exact) mass is 284 g/mol. The highest BCUT2D eigenvalue weighted by Gasteiger charge is 2.06. The van der Waals surface area contributed by atoms with Gasteiger partial charge in [0.15, 0.2) is 0 Å². The van der Waals surface area contributed by atoms with E-state index in [1.807, 2.05) is 38.1 Å². The van der Waals surface area contributed by atoms with Gasteiger partial charge in [0, 0.05) is 11.1 Å². The van der Waals surface area contributed by atoms with Gasteiger partial charge in [-0.1, -0.05) is 48.6 Å². The number of para-hydroxylation sites is 2. The maximum absolute atomic E-state index is 9.58. The Morgan fingerprint density at radius 1 is 0.714 bits per heavy atom. The molecule has 0 unspecified atom stereocenters. The number of allylic oxidation sites excluding steroid dienone is 2. The number of aromatic hydroxyl groups is 2. The standard InChI is InChI=1S/C12H10O2.C6H10O/c13-11-7-3-1-5-9(11)10-6-2-4-8-12(10)14;1-3-5-7-6-4-2/h1-8,13-14H;3-6H,1-2H3/b;5-3-,6-4-. The van der Waals surface area contributed by atoms with Crippen LogP contribution in [0.15, 0.2) is 73.2 Å². The fourth-order valence-corrected chi connectivity index (χ4v) is 1.61. The van der Waals surface area contributed by atoms with Crippen molar-refractivity contribution < 1.29 is 14.9 Å². The first kappa shape index (κ1) is 16.4. The van der Waals surface area contributed by atoms with Crippen LogP contribution in [0.1, 0.15) is 13.8 Å². The zero-order valence-corrected chi connectivity index (χ0v) is 12.2. The summed E-state index contributed by atoms with van der Waals surface area (Å²) in [7, 11) is 0. The first-order valence-electron chi connectivity index (χ1n) is 6.64. The molecular weight excluding hydrogens is 264 g/mol. The molecule has 0 aromatic heterocycles. The van der Waals surface area contributed by atoms with Gasteiger partial charge >= 0.3 is 0 Å². The van der Waals surface area contributed by atoms with Gasteiger partial charge < -0.3 is 14.9 Å². The predicted molar refractivity (Wildman–Crippen MR) is 85.9 cm³/mol. The minimum absolute atomic E-state index is 0.175. The highest BCUT2D eigenvalue weighted by molar-refractivity contribution is 5.74. The van der Waals surface area contributed by atoms with Crippen LogP contribution >= 0.6 is 0 Å². The van der Waals surface area contributed by atoms with Crippen LogP contribution in [-0.4, -0.2) is 10.2 Å². The Balaban J connectivity index is 0.000000270. The number of phenolic OH excluding ortho intramolecular Hbond substituents is 2. The minimum Gasteiger partial charge on any atom is -0.507 e. The van der Waals surface area contributed by atoms with Crippen molar-refractivity contribution >= 4 is 0 Å². The van der Waals surface area contributed by atoms with Gasteiger partial charge in [0.1, 0.15) is 11.5 Å². The van der Waals surface area contributed by atoms with Gasteiger partial charge in [-0.2, -0.15) is 0 Å². The zero-order chi connectivity index (χ0) is 15.5. The molecule has 0 spiro atoms. The van der Waals surface area contributed by atoms with Crippen LogP contribution in [0.4, 0.5) is 0 Å². The lowest BCUT2D eigenvalue weighted by atomic mass is 10.0. The lowest BCUT2D eigenvalue weighted by molar-refractivity contribution is 0.401. The van der Waals surface area contributed by atoms with E-state index in [2.05, 4.69) is 0 Å². The van der Waals surface area contributed by atoms with Crippen LogP contribution in [0, 0.1) is 0 Å². The molecule has 2 N–H and O–H groups in total. The molecule has 0 bridgehead atoms. The third-order valence-corrected chi connectivity index (χ3v) is 2.53. The summed E-state index contributed by atoms with van der Waals surface area (Å²) in [6, 6.07) is 13.9. The smallest absolute Gasteiger partial charge is 0.123 e. The maximum Gasteiger partial charge on any atom is 0.123 e. The molecule has 0 radical (unpaired) electrons. The lowest BCUT2D eigenvalue weighted by Gasteiger charge is -2.05. The second-order valence-electron chi connectivity index (χ2n) is 4.11. The van der Waals surface area contributed by atoms with E-state index in [0.29, 0.717) is 11.1 Å². The SMILES string of the molecule is C/C=C\O/C=C\C.Oc1ccccc1-c1ccccc1O. The van der Waals surface area contributed by atoms with Crippen LogP contribution in [-0.2, 0) is 4.74 Å². The summed E-state index contributed by atoms with van der Waals surface area (Å²) in [6.45, 7) is 3.81. The Bertz CT molecular complexity index is 547. The van der Waals surface area contributed by atoms with Crippen molar-refractivity contribution in [2.45, 2.75) is 13.8 Å². The molecule has 110 valence electrons. The van der Waals surface area contributed by atoms with Crippen molar-refractivity contribution in [3.05, 3.63) is 73.2 Å². The van der Waals surface area contributed by atoms with Crippen LogP contribution < -0.4 is 0 Å². The summed E-state index contributed by atoms with van der Waals surface area (Å²) in [5.74, 6) is 0.350. The van der Waals surface area contributed by atoms with Gasteiger partial charge in [0.2, 0.25) is 0 Å². The first-order chi connectivity index (χ1) is 10.2. The fourth-order valence-electron chi connectivity index (χ4n) is 1.61. The molecule has 2 aromatic carbocycles. The second-order valence-corrected chi connectivity index (χ2v) is 4.11. The number of ether oxygens (including phenoxy) is 1. The third-order valence-electron chi connectivity index (χ3n) is 2.53. The normalized spacial score (nSPS) is 10.4. The molecule has 2 aromatic rings. The molecule has 0 aliphatic carbocycles. The van der Waals surface area contributed by atoms with Crippen molar-refractivity contribution in [1.29, 1.82) is 0 Å². The van der Waals surface area contributed by atoms with Gasteiger partial charge in [-0.15, -0.1) is 0 Å². The van der Waals surface area contributed by atoms with Crippen LogP contribution in [0.25, 0.3) is 11.1 Å². The molecule has 0 aliphatic heterocycles. The van der Waals surface area contributed by atoms with Crippen LogP contribution in [0.2, 0.25) is 0 Å². The third kappa shape index (κ3) is 5.45. The Morgan fingerprint density at radius 3 is 1.43 bits per heavy atom. The van der Waals surface area contributed by atoms with E-state index in [1.54, 1.807) is 48.9 Å². The molecule has 0 aliphatic rings. The van der Waals surface area contributed by atoms with Gasteiger partial charge in [0.05, 0.1) is 12.5 Å². The van der Waals surface area contributed by atoms with Gasteiger partial charge in [-0.3, -0.25) is 0 Å². The summed E-state index contributed by atoms with van der Waals surface area (Å²) in [6.07, 6.45) is 6.92. The van der Waals surface area contributed by atoms with E-state index in [-0.39, 0.29) is 11.5 Å². The van der Waals surface area contributed by atoms with E-state index < -0.39 is 0 Å². The van der Waals surface area contributed by atoms with E-state index >= 15 is 0 Å². The molecule has 0 amide bonds. The quantitative estimate of drug-likeness (QED) is 0.793. The Hall–Kier alpha value is -2.68.